The lowest BCUT2D eigenvalue weighted by molar-refractivity contribution is 0.660. The number of hydrogen-bond donors (Lipinski definition) is 0. The number of benzene rings is 8. The second kappa shape index (κ2) is 15.5. The summed E-state index contributed by atoms with van der Waals surface area (Å²) in [7, 11) is 0. The van der Waals surface area contributed by atoms with Gasteiger partial charge in [-0.05, 0) is 139 Å². The average molecular weight is 834 g/mol. The molecule has 1 spiro atoms. The zero-order valence-electron chi connectivity index (χ0n) is 37.6. The van der Waals surface area contributed by atoms with Crippen LogP contribution in [0.25, 0.3) is 55.3 Å². The van der Waals surface area contributed by atoms with Crippen molar-refractivity contribution in [1.29, 1.82) is 0 Å². The normalized spacial score (nSPS) is 16.7. The predicted molar refractivity (Wildman–Crippen MR) is 278 cm³/mol. The Balaban J connectivity index is 1.16. The molecular weight excluding hydrogens is 783 g/mol. The highest BCUT2D eigenvalue weighted by atomic mass is 15.1. The van der Waals surface area contributed by atoms with Crippen molar-refractivity contribution in [2.45, 2.75) is 38.5 Å². The molecule has 11 rings (SSSR count). The van der Waals surface area contributed by atoms with E-state index in [1.165, 1.54) is 99.8 Å². The Morgan fingerprint density at radius 1 is 0.431 bits per heavy atom. The smallest absolute Gasteiger partial charge is 0.0731 e. The van der Waals surface area contributed by atoms with Gasteiger partial charge in [-0.15, -0.1) is 0 Å². The molecule has 0 heterocycles. The van der Waals surface area contributed by atoms with Crippen LogP contribution in [0, 0.1) is 0 Å². The van der Waals surface area contributed by atoms with Crippen LogP contribution in [0.15, 0.2) is 237 Å². The van der Waals surface area contributed by atoms with Gasteiger partial charge in [0.1, 0.15) is 0 Å². The maximum absolute atomic E-state index is 4.52. The lowest BCUT2D eigenvalue weighted by atomic mass is 9.66. The van der Waals surface area contributed by atoms with E-state index in [0.29, 0.717) is 0 Å². The first-order chi connectivity index (χ1) is 31.9. The average Bonchev–Trinajstić information content (AvgIpc) is 3.89. The third-order valence-corrected chi connectivity index (χ3v) is 14.3. The predicted octanol–water partition coefficient (Wildman–Crippen LogP) is 17.3. The van der Waals surface area contributed by atoms with Crippen molar-refractivity contribution < 1.29 is 0 Å². The molecule has 0 N–H and O–H groups in total. The summed E-state index contributed by atoms with van der Waals surface area (Å²) in [6.45, 7) is 18.0. The van der Waals surface area contributed by atoms with E-state index in [0.717, 1.165) is 17.1 Å². The maximum atomic E-state index is 4.52. The van der Waals surface area contributed by atoms with E-state index in [1.54, 1.807) is 0 Å². The van der Waals surface area contributed by atoms with Crippen molar-refractivity contribution in [1.82, 2.24) is 0 Å². The van der Waals surface area contributed by atoms with Gasteiger partial charge in [0, 0.05) is 22.2 Å². The summed E-state index contributed by atoms with van der Waals surface area (Å²) in [6, 6.07) is 65.2. The van der Waals surface area contributed by atoms with Crippen molar-refractivity contribution in [2.75, 3.05) is 4.90 Å². The molecule has 1 unspecified atom stereocenters. The highest BCUT2D eigenvalue weighted by Crippen LogP contribution is 2.64. The number of rotatable bonds is 9. The molecule has 0 amide bonds. The summed E-state index contributed by atoms with van der Waals surface area (Å²) in [5, 5.41) is 2.37. The zero-order chi connectivity index (χ0) is 44.5. The third-order valence-electron chi connectivity index (χ3n) is 14.3. The summed E-state index contributed by atoms with van der Waals surface area (Å²) in [5.41, 5.74) is 22.5. The molecule has 1 heteroatoms. The van der Waals surface area contributed by atoms with Gasteiger partial charge >= 0.3 is 0 Å². The van der Waals surface area contributed by atoms with Gasteiger partial charge in [-0.2, -0.15) is 0 Å². The maximum Gasteiger partial charge on any atom is 0.0731 e. The van der Waals surface area contributed by atoms with Crippen LogP contribution in [-0.4, -0.2) is 0 Å². The Labute approximate surface area is 384 Å². The summed E-state index contributed by atoms with van der Waals surface area (Å²) in [6.07, 6.45) is 13.0. The minimum atomic E-state index is -0.614. The number of hydrogen-bond acceptors (Lipinski definition) is 1. The van der Waals surface area contributed by atoms with E-state index < -0.39 is 5.41 Å². The molecule has 3 aliphatic rings. The van der Waals surface area contributed by atoms with Crippen molar-refractivity contribution >= 4 is 39.0 Å². The van der Waals surface area contributed by atoms with Crippen LogP contribution in [0.1, 0.15) is 61.1 Å². The van der Waals surface area contributed by atoms with Crippen molar-refractivity contribution in [3.63, 3.8) is 0 Å². The highest BCUT2D eigenvalue weighted by molar-refractivity contribution is 6.09. The monoisotopic (exact) mass is 833 g/mol. The van der Waals surface area contributed by atoms with E-state index in [2.05, 4.69) is 258 Å². The first-order valence-electron chi connectivity index (χ1n) is 22.8. The fraction of sp³-hybridized carbons (Fsp3) is 0.0938. The molecule has 0 aromatic heterocycles. The minimum Gasteiger partial charge on any atom is -0.310 e. The van der Waals surface area contributed by atoms with Crippen molar-refractivity contribution in [2.24, 2.45) is 0 Å². The molecule has 312 valence electrons. The highest BCUT2D eigenvalue weighted by Gasteiger charge is 2.53. The first kappa shape index (κ1) is 40.1. The molecule has 0 fully saturated rings. The van der Waals surface area contributed by atoms with Crippen LogP contribution in [0.3, 0.4) is 0 Å². The molecular formula is C64H51N. The Hall–Kier alpha value is -7.74. The molecule has 0 saturated carbocycles. The second-order valence-electron chi connectivity index (χ2n) is 17.9. The van der Waals surface area contributed by atoms with Gasteiger partial charge in [-0.25, -0.2) is 0 Å². The standard InChI is InChI=1S/C64H51N/c1-7-21-48-51-27-17-19-32-59(51)64(56(48)9-3)57(10-4)49(22-8-2)55-30-20-29-54(62(55)64)47-39-40-61(53-28-15-14-25-46(47)53)65(44-35-33-43(34-36-44)42-23-12-11-13-24-42)45-37-38-52-50-26-16-18-31-58(50)63(5,6)60(52)41-45/h7-41H,3-4H2,1-2,5-6H3/b21-7-,22-8-. The van der Waals surface area contributed by atoms with Crippen molar-refractivity contribution in [3.05, 3.63) is 270 Å². The SMILES string of the molecule is C=CC1=C(/C=C\C)c2ccccc2C12C(C=C)=C(/C=C\C)c1cccc(-c3ccc(N(c4ccc(-c5ccccc5)cc4)c4ccc5c(c4)C(C)(C)c4ccccc4-5)c4ccccc34)c12. The molecule has 8 aromatic rings. The Morgan fingerprint density at radius 3 is 1.68 bits per heavy atom. The van der Waals surface area contributed by atoms with Gasteiger partial charge in [-0.3, -0.25) is 0 Å². The van der Waals surface area contributed by atoms with E-state index in [-0.39, 0.29) is 5.41 Å². The molecule has 1 atom stereocenters. The second-order valence-corrected chi connectivity index (χ2v) is 17.9. The van der Waals surface area contributed by atoms with Crippen LogP contribution >= 0.6 is 0 Å². The number of fused-ring (bicyclic) bond motifs is 8. The molecule has 1 nitrogen and oxygen atoms in total. The van der Waals surface area contributed by atoms with E-state index in [1.807, 2.05) is 0 Å². The summed E-state index contributed by atoms with van der Waals surface area (Å²) in [5.74, 6) is 0. The Kier molecular flexibility index (Phi) is 9.56. The topological polar surface area (TPSA) is 3.24 Å². The first-order valence-corrected chi connectivity index (χ1v) is 22.8. The molecule has 8 aromatic carbocycles. The summed E-state index contributed by atoms with van der Waals surface area (Å²) in [4.78, 5) is 2.47. The fourth-order valence-corrected chi connectivity index (χ4v) is 11.6. The van der Waals surface area contributed by atoms with E-state index in [4.69, 9.17) is 0 Å². The van der Waals surface area contributed by atoms with Crippen LogP contribution in [0.5, 0.6) is 0 Å². The largest absolute Gasteiger partial charge is 0.310 e. The quantitative estimate of drug-likeness (QED) is 0.140. The molecule has 3 aliphatic carbocycles. The lowest BCUT2D eigenvalue weighted by Gasteiger charge is -2.34. The molecule has 0 aliphatic heterocycles. The fourth-order valence-electron chi connectivity index (χ4n) is 11.6. The molecule has 0 saturated heterocycles. The van der Waals surface area contributed by atoms with Crippen LogP contribution in [-0.2, 0) is 10.8 Å². The number of allylic oxidation sites excluding steroid dienone is 10. The van der Waals surface area contributed by atoms with Crippen LogP contribution in [0.2, 0.25) is 0 Å². The van der Waals surface area contributed by atoms with Gasteiger partial charge in [0.25, 0.3) is 0 Å². The van der Waals surface area contributed by atoms with Crippen LogP contribution < -0.4 is 4.90 Å². The van der Waals surface area contributed by atoms with E-state index in [9.17, 15) is 0 Å². The minimum absolute atomic E-state index is 0.144. The number of anilines is 3. The van der Waals surface area contributed by atoms with Gasteiger partial charge in [0.2, 0.25) is 0 Å². The molecule has 0 radical (unpaired) electrons. The van der Waals surface area contributed by atoms with E-state index >= 15 is 0 Å². The van der Waals surface area contributed by atoms with Crippen LogP contribution in [0.4, 0.5) is 17.1 Å². The zero-order valence-corrected chi connectivity index (χ0v) is 37.6. The summed E-state index contributed by atoms with van der Waals surface area (Å²) >= 11 is 0. The Morgan fingerprint density at radius 2 is 0.969 bits per heavy atom. The van der Waals surface area contributed by atoms with Crippen molar-refractivity contribution in [3.8, 4) is 33.4 Å². The molecule has 0 bridgehead atoms. The van der Waals surface area contributed by atoms with Gasteiger partial charge in [0.15, 0.2) is 0 Å². The summed E-state index contributed by atoms with van der Waals surface area (Å²) < 4.78 is 0. The number of nitrogens with zero attached hydrogens (tertiary/aromatic N) is 1. The van der Waals surface area contributed by atoms with Gasteiger partial charge in [0.05, 0.1) is 11.1 Å². The van der Waals surface area contributed by atoms with Gasteiger partial charge in [-0.1, -0.05) is 209 Å². The van der Waals surface area contributed by atoms with Gasteiger partial charge < -0.3 is 4.90 Å². The Bertz CT molecular complexity index is 3370. The lowest BCUT2D eigenvalue weighted by Crippen LogP contribution is -2.28. The third kappa shape index (κ3) is 5.78. The molecule has 65 heavy (non-hydrogen) atoms.